The van der Waals surface area contributed by atoms with Crippen LogP contribution in [0, 0.1) is 13.8 Å². The van der Waals surface area contributed by atoms with Gasteiger partial charge in [0.25, 0.3) is 0 Å². The Morgan fingerprint density at radius 2 is 1.58 bits per heavy atom. The lowest BCUT2D eigenvalue weighted by atomic mass is 10.0. The summed E-state index contributed by atoms with van der Waals surface area (Å²) in [6.07, 6.45) is -4.56. The van der Waals surface area contributed by atoms with Crippen molar-refractivity contribution < 1.29 is 18.0 Å². The standard InChI is InChI=1S/C19H16F3N3O/c1-11-7-12(2)9-14(8-11)16-10-17(19(20,21)22)24-25(16)15-5-3-13(4-6-15)18(23)26/h3-10H,1-2H3,(H2,23,26). The molecule has 0 atom stereocenters. The van der Waals surface area contributed by atoms with E-state index in [4.69, 9.17) is 5.73 Å². The number of aryl methyl sites for hydroxylation is 2. The SMILES string of the molecule is Cc1cc(C)cc(-c2cc(C(F)(F)F)nn2-c2ccc(C(N)=O)cc2)c1. The quantitative estimate of drug-likeness (QED) is 0.759. The molecular weight excluding hydrogens is 343 g/mol. The Labute approximate surface area is 148 Å². The minimum absolute atomic E-state index is 0.268. The van der Waals surface area contributed by atoms with Crippen LogP contribution in [-0.4, -0.2) is 15.7 Å². The molecule has 0 saturated carbocycles. The zero-order valence-corrected chi connectivity index (χ0v) is 14.1. The van der Waals surface area contributed by atoms with E-state index in [2.05, 4.69) is 5.10 Å². The van der Waals surface area contributed by atoms with Crippen molar-refractivity contribution in [2.24, 2.45) is 5.73 Å². The van der Waals surface area contributed by atoms with Gasteiger partial charge in [0.15, 0.2) is 5.69 Å². The average molecular weight is 359 g/mol. The fourth-order valence-corrected chi connectivity index (χ4v) is 2.81. The molecule has 134 valence electrons. The molecule has 1 aromatic heterocycles. The Morgan fingerprint density at radius 3 is 2.08 bits per heavy atom. The maximum absolute atomic E-state index is 13.2. The molecule has 0 aliphatic carbocycles. The minimum Gasteiger partial charge on any atom is -0.366 e. The average Bonchev–Trinajstić information content (AvgIpc) is 2.99. The highest BCUT2D eigenvalue weighted by Gasteiger charge is 2.35. The molecule has 0 aliphatic rings. The Kier molecular flexibility index (Phi) is 4.31. The molecule has 7 heteroatoms. The Bertz CT molecular complexity index is 952. The van der Waals surface area contributed by atoms with E-state index in [0.29, 0.717) is 16.9 Å². The lowest BCUT2D eigenvalue weighted by molar-refractivity contribution is -0.141. The predicted molar refractivity (Wildman–Crippen MR) is 92.0 cm³/mol. The monoisotopic (exact) mass is 359 g/mol. The molecule has 0 saturated heterocycles. The first kappa shape index (κ1) is 17.7. The van der Waals surface area contributed by atoms with E-state index >= 15 is 0 Å². The van der Waals surface area contributed by atoms with E-state index in [9.17, 15) is 18.0 Å². The number of alkyl halides is 3. The Balaban J connectivity index is 2.20. The number of hydrogen-bond donors (Lipinski definition) is 1. The van der Waals surface area contributed by atoms with Gasteiger partial charge in [0.05, 0.1) is 11.4 Å². The van der Waals surface area contributed by atoms with Gasteiger partial charge in [0.1, 0.15) is 0 Å². The number of rotatable bonds is 3. The molecule has 0 radical (unpaired) electrons. The molecule has 26 heavy (non-hydrogen) atoms. The summed E-state index contributed by atoms with van der Waals surface area (Å²) in [5.41, 5.74) is 7.71. The molecule has 4 nitrogen and oxygen atoms in total. The highest BCUT2D eigenvalue weighted by atomic mass is 19.4. The fourth-order valence-electron chi connectivity index (χ4n) is 2.81. The van der Waals surface area contributed by atoms with Gasteiger partial charge in [-0.1, -0.05) is 17.2 Å². The second-order valence-corrected chi connectivity index (χ2v) is 6.11. The van der Waals surface area contributed by atoms with Crippen LogP contribution in [0.3, 0.4) is 0 Å². The maximum atomic E-state index is 13.2. The summed E-state index contributed by atoms with van der Waals surface area (Å²) in [7, 11) is 0. The summed E-state index contributed by atoms with van der Waals surface area (Å²) < 4.78 is 40.8. The van der Waals surface area contributed by atoms with E-state index in [0.717, 1.165) is 17.2 Å². The van der Waals surface area contributed by atoms with Crippen molar-refractivity contribution in [2.45, 2.75) is 20.0 Å². The summed E-state index contributed by atoms with van der Waals surface area (Å²) in [6, 6.07) is 12.5. The van der Waals surface area contributed by atoms with Crippen molar-refractivity contribution in [1.82, 2.24) is 9.78 Å². The van der Waals surface area contributed by atoms with Crippen LogP contribution in [0.5, 0.6) is 0 Å². The predicted octanol–water partition coefficient (Wildman–Crippen LogP) is 4.27. The largest absolute Gasteiger partial charge is 0.435 e. The molecule has 0 bridgehead atoms. The molecule has 0 spiro atoms. The number of amides is 1. The molecule has 0 unspecified atom stereocenters. The normalized spacial score (nSPS) is 11.6. The van der Waals surface area contributed by atoms with Gasteiger partial charge >= 0.3 is 6.18 Å². The molecule has 1 amide bonds. The van der Waals surface area contributed by atoms with E-state index in [-0.39, 0.29) is 5.56 Å². The molecule has 3 rings (SSSR count). The van der Waals surface area contributed by atoms with Gasteiger partial charge < -0.3 is 5.73 Å². The lowest BCUT2D eigenvalue weighted by Crippen LogP contribution is -2.11. The van der Waals surface area contributed by atoms with Crippen LogP contribution in [-0.2, 0) is 6.18 Å². The smallest absolute Gasteiger partial charge is 0.366 e. The summed E-state index contributed by atoms with van der Waals surface area (Å²) in [5, 5.41) is 3.74. The summed E-state index contributed by atoms with van der Waals surface area (Å²) >= 11 is 0. The second-order valence-electron chi connectivity index (χ2n) is 6.11. The van der Waals surface area contributed by atoms with E-state index in [1.165, 1.54) is 28.9 Å². The number of hydrogen-bond acceptors (Lipinski definition) is 2. The van der Waals surface area contributed by atoms with Crippen LogP contribution in [0.15, 0.2) is 48.5 Å². The van der Waals surface area contributed by atoms with Gasteiger partial charge in [-0.15, -0.1) is 0 Å². The van der Waals surface area contributed by atoms with Gasteiger partial charge in [0, 0.05) is 11.1 Å². The molecule has 2 aromatic carbocycles. The fraction of sp³-hybridized carbons (Fsp3) is 0.158. The first-order valence-corrected chi connectivity index (χ1v) is 7.81. The topological polar surface area (TPSA) is 60.9 Å². The number of aromatic nitrogens is 2. The summed E-state index contributed by atoms with van der Waals surface area (Å²) in [4.78, 5) is 11.2. The number of halogens is 3. The third-order valence-corrected chi connectivity index (χ3v) is 3.91. The zero-order valence-electron chi connectivity index (χ0n) is 14.1. The number of nitrogens with two attached hydrogens (primary N) is 1. The molecular formula is C19H16F3N3O. The third kappa shape index (κ3) is 3.46. The van der Waals surface area contributed by atoms with Crippen LogP contribution in [0.1, 0.15) is 27.2 Å². The molecule has 1 heterocycles. The highest BCUT2D eigenvalue weighted by molar-refractivity contribution is 5.92. The second kappa shape index (κ2) is 6.33. The van der Waals surface area contributed by atoms with Gasteiger partial charge in [0.2, 0.25) is 5.91 Å². The molecule has 2 N–H and O–H groups in total. The zero-order chi connectivity index (χ0) is 19.1. The van der Waals surface area contributed by atoms with Crippen molar-refractivity contribution in [3.05, 3.63) is 70.9 Å². The van der Waals surface area contributed by atoms with Crippen molar-refractivity contribution in [2.75, 3.05) is 0 Å². The van der Waals surface area contributed by atoms with Crippen molar-refractivity contribution >= 4 is 5.91 Å². The maximum Gasteiger partial charge on any atom is 0.435 e. The molecule has 3 aromatic rings. The van der Waals surface area contributed by atoms with Crippen molar-refractivity contribution in [3.63, 3.8) is 0 Å². The van der Waals surface area contributed by atoms with E-state index in [1.54, 1.807) is 12.1 Å². The number of primary amides is 1. The minimum atomic E-state index is -4.56. The van der Waals surface area contributed by atoms with Crippen LogP contribution in [0.2, 0.25) is 0 Å². The van der Waals surface area contributed by atoms with Crippen LogP contribution in [0.25, 0.3) is 16.9 Å². The van der Waals surface area contributed by atoms with Crippen LogP contribution < -0.4 is 5.73 Å². The first-order valence-electron chi connectivity index (χ1n) is 7.81. The highest BCUT2D eigenvalue weighted by Crippen LogP contribution is 2.33. The molecule has 0 fully saturated rings. The van der Waals surface area contributed by atoms with Crippen LogP contribution >= 0.6 is 0 Å². The Hall–Kier alpha value is -3.09. The number of carbonyl (C=O) groups is 1. The number of carbonyl (C=O) groups excluding carboxylic acids is 1. The van der Waals surface area contributed by atoms with Crippen molar-refractivity contribution in [1.29, 1.82) is 0 Å². The summed E-state index contributed by atoms with van der Waals surface area (Å²) in [5.74, 6) is -0.609. The van der Waals surface area contributed by atoms with Gasteiger partial charge in [-0.3, -0.25) is 4.79 Å². The Morgan fingerprint density at radius 1 is 1.00 bits per heavy atom. The van der Waals surface area contributed by atoms with Gasteiger partial charge in [-0.05, 0) is 56.3 Å². The summed E-state index contributed by atoms with van der Waals surface area (Å²) in [6.45, 7) is 3.76. The molecule has 0 aliphatic heterocycles. The number of nitrogens with zero attached hydrogens (tertiary/aromatic N) is 2. The van der Waals surface area contributed by atoms with Gasteiger partial charge in [-0.25, -0.2) is 4.68 Å². The van der Waals surface area contributed by atoms with Crippen LogP contribution in [0.4, 0.5) is 13.2 Å². The van der Waals surface area contributed by atoms with Crippen molar-refractivity contribution in [3.8, 4) is 16.9 Å². The lowest BCUT2D eigenvalue weighted by Gasteiger charge is -2.10. The first-order chi connectivity index (χ1) is 12.1. The van der Waals surface area contributed by atoms with Gasteiger partial charge in [-0.2, -0.15) is 18.3 Å². The van der Waals surface area contributed by atoms with E-state index in [1.807, 2.05) is 19.9 Å². The van der Waals surface area contributed by atoms with E-state index < -0.39 is 17.8 Å². The number of benzene rings is 2. The third-order valence-electron chi connectivity index (χ3n) is 3.91.